The third-order valence-corrected chi connectivity index (χ3v) is 7.56. The third kappa shape index (κ3) is 4.97. The molecule has 134 valence electrons. The summed E-state index contributed by atoms with van der Waals surface area (Å²) in [6.07, 6.45) is 6.18. The average molecular weight is 371 g/mol. The van der Waals surface area contributed by atoms with Crippen LogP contribution in [0.25, 0.3) is 0 Å². The number of anilines is 1. The molecule has 0 aromatic heterocycles. The number of sulfonamides is 1. The Kier molecular flexibility index (Phi) is 6.71. The molecule has 0 heterocycles. The smallest absolute Gasteiger partial charge is 0.242 e. The van der Waals surface area contributed by atoms with Gasteiger partial charge in [-0.3, -0.25) is 4.79 Å². The zero-order valence-electron chi connectivity index (χ0n) is 14.5. The molecule has 1 saturated carbocycles. The highest BCUT2D eigenvalue weighted by Gasteiger charge is 2.21. The fourth-order valence-corrected chi connectivity index (χ4v) is 5.04. The number of amides is 1. The van der Waals surface area contributed by atoms with E-state index in [9.17, 15) is 13.2 Å². The molecule has 1 fully saturated rings. The largest absolute Gasteiger partial charge is 0.325 e. The number of hydrogen-bond acceptors (Lipinski definition) is 4. The zero-order valence-corrected chi connectivity index (χ0v) is 16.2. The molecule has 5 nitrogen and oxygen atoms in total. The molecule has 1 amide bonds. The number of nitrogens with zero attached hydrogens (tertiary/aromatic N) is 1. The molecule has 0 bridgehead atoms. The lowest BCUT2D eigenvalue weighted by Gasteiger charge is -2.20. The van der Waals surface area contributed by atoms with Gasteiger partial charge in [0, 0.05) is 25.0 Å². The molecule has 0 unspecified atom stereocenters. The van der Waals surface area contributed by atoms with E-state index in [-0.39, 0.29) is 10.8 Å². The fourth-order valence-electron chi connectivity index (χ4n) is 2.77. The molecule has 2 rings (SSSR count). The summed E-state index contributed by atoms with van der Waals surface area (Å²) in [5.74, 6) is 0.330. The lowest BCUT2D eigenvalue weighted by atomic mass is 10.0. The first-order valence-corrected chi connectivity index (χ1v) is 10.7. The first-order chi connectivity index (χ1) is 11.3. The third-order valence-electron chi connectivity index (χ3n) is 4.23. The van der Waals surface area contributed by atoms with Crippen LogP contribution in [0.5, 0.6) is 0 Å². The van der Waals surface area contributed by atoms with Crippen molar-refractivity contribution < 1.29 is 13.2 Å². The normalized spacial score (nSPS) is 16.3. The van der Waals surface area contributed by atoms with Gasteiger partial charge in [-0.25, -0.2) is 12.7 Å². The Balaban J connectivity index is 2.00. The highest BCUT2D eigenvalue weighted by molar-refractivity contribution is 8.00. The number of rotatable bonds is 6. The van der Waals surface area contributed by atoms with Crippen molar-refractivity contribution in [2.75, 3.05) is 25.2 Å². The number of benzene rings is 1. The molecule has 7 heteroatoms. The number of thioether (sulfide) groups is 1. The molecule has 1 aliphatic carbocycles. The minimum atomic E-state index is -3.52. The maximum absolute atomic E-state index is 12.3. The van der Waals surface area contributed by atoms with Gasteiger partial charge in [0.15, 0.2) is 0 Å². The molecule has 1 aromatic carbocycles. The van der Waals surface area contributed by atoms with Crippen LogP contribution in [0.2, 0.25) is 0 Å². The minimum absolute atomic E-state index is 0.0809. The van der Waals surface area contributed by atoms with E-state index in [1.807, 2.05) is 0 Å². The van der Waals surface area contributed by atoms with E-state index < -0.39 is 10.0 Å². The number of aryl methyl sites for hydroxylation is 1. The van der Waals surface area contributed by atoms with Crippen LogP contribution in [0.3, 0.4) is 0 Å². The summed E-state index contributed by atoms with van der Waals surface area (Å²) in [4.78, 5) is 12.4. The van der Waals surface area contributed by atoms with E-state index in [1.54, 1.807) is 30.8 Å². The lowest BCUT2D eigenvalue weighted by molar-refractivity contribution is -0.113. The van der Waals surface area contributed by atoms with Crippen LogP contribution < -0.4 is 5.32 Å². The second kappa shape index (κ2) is 8.36. The Morgan fingerprint density at radius 2 is 1.92 bits per heavy atom. The molecule has 1 aromatic rings. The molecular weight excluding hydrogens is 344 g/mol. The Bertz CT molecular complexity index is 681. The summed E-state index contributed by atoms with van der Waals surface area (Å²) in [5.41, 5.74) is 1.19. The summed E-state index contributed by atoms with van der Waals surface area (Å²) in [6, 6.07) is 5.00. The molecular formula is C17H26N2O3S2. The van der Waals surface area contributed by atoms with Crippen molar-refractivity contribution in [2.45, 2.75) is 49.2 Å². The van der Waals surface area contributed by atoms with Gasteiger partial charge < -0.3 is 5.32 Å². The van der Waals surface area contributed by atoms with Crippen LogP contribution in [0.1, 0.15) is 37.7 Å². The molecule has 1 N–H and O–H groups in total. The molecule has 0 saturated heterocycles. The van der Waals surface area contributed by atoms with Crippen LogP contribution in [0, 0.1) is 6.92 Å². The topological polar surface area (TPSA) is 66.5 Å². The van der Waals surface area contributed by atoms with Crippen molar-refractivity contribution in [3.63, 3.8) is 0 Å². The SMILES string of the molecule is Cc1ccc(NC(=O)CSC2CCCCC2)cc1S(=O)(=O)N(C)C. The van der Waals surface area contributed by atoms with Gasteiger partial charge in [0.25, 0.3) is 0 Å². The van der Waals surface area contributed by atoms with E-state index in [2.05, 4.69) is 5.32 Å². The summed E-state index contributed by atoms with van der Waals surface area (Å²) in [6.45, 7) is 1.75. The monoisotopic (exact) mass is 370 g/mol. The highest BCUT2D eigenvalue weighted by atomic mass is 32.2. The van der Waals surface area contributed by atoms with Crippen molar-refractivity contribution in [3.05, 3.63) is 23.8 Å². The van der Waals surface area contributed by atoms with Crippen molar-refractivity contribution in [1.82, 2.24) is 4.31 Å². The summed E-state index contributed by atoms with van der Waals surface area (Å²) in [7, 11) is -0.517. The molecule has 0 aliphatic heterocycles. The van der Waals surface area contributed by atoms with E-state index in [1.165, 1.54) is 56.6 Å². The Morgan fingerprint density at radius 1 is 1.25 bits per heavy atom. The van der Waals surface area contributed by atoms with Crippen molar-refractivity contribution in [2.24, 2.45) is 0 Å². The van der Waals surface area contributed by atoms with Crippen molar-refractivity contribution in [3.8, 4) is 0 Å². The van der Waals surface area contributed by atoms with Gasteiger partial charge in [0.05, 0.1) is 10.6 Å². The predicted octanol–water partition coefficient (Wildman–Crippen LogP) is 3.25. The van der Waals surface area contributed by atoms with Crippen LogP contribution in [-0.4, -0.2) is 43.7 Å². The van der Waals surface area contributed by atoms with Crippen molar-refractivity contribution in [1.29, 1.82) is 0 Å². The first kappa shape index (κ1) is 19.3. The summed E-state index contributed by atoms with van der Waals surface area (Å²) in [5, 5.41) is 3.39. The predicted molar refractivity (Wildman–Crippen MR) is 100 cm³/mol. The van der Waals surface area contributed by atoms with Gasteiger partial charge in [-0.2, -0.15) is 0 Å². The standard InChI is InChI=1S/C17H26N2O3S2/c1-13-9-10-14(11-16(13)24(21,22)19(2)3)18-17(20)12-23-15-7-5-4-6-8-15/h9-11,15H,4-8,12H2,1-3H3,(H,18,20). The molecule has 0 spiro atoms. The second-order valence-electron chi connectivity index (χ2n) is 6.39. The number of nitrogens with one attached hydrogen (secondary N) is 1. The van der Waals surface area contributed by atoms with Gasteiger partial charge in [0.2, 0.25) is 15.9 Å². The Labute approximate surface area is 149 Å². The molecule has 1 aliphatic rings. The summed E-state index contributed by atoms with van der Waals surface area (Å²) < 4.78 is 25.8. The van der Waals surface area contributed by atoms with Crippen molar-refractivity contribution >= 4 is 33.4 Å². The van der Waals surface area contributed by atoms with Crippen LogP contribution >= 0.6 is 11.8 Å². The van der Waals surface area contributed by atoms with Gasteiger partial charge in [-0.05, 0) is 37.5 Å². The first-order valence-electron chi connectivity index (χ1n) is 8.25. The zero-order chi connectivity index (χ0) is 17.7. The van der Waals surface area contributed by atoms with Gasteiger partial charge in [-0.1, -0.05) is 25.3 Å². The van der Waals surface area contributed by atoms with Crippen LogP contribution in [0.15, 0.2) is 23.1 Å². The Hall–Kier alpha value is -1.05. The highest BCUT2D eigenvalue weighted by Crippen LogP contribution is 2.28. The lowest BCUT2D eigenvalue weighted by Crippen LogP contribution is -2.23. The van der Waals surface area contributed by atoms with E-state index in [4.69, 9.17) is 0 Å². The maximum Gasteiger partial charge on any atom is 0.242 e. The van der Waals surface area contributed by atoms with Gasteiger partial charge in [0.1, 0.15) is 0 Å². The number of carbonyl (C=O) groups is 1. The molecule has 0 radical (unpaired) electrons. The maximum atomic E-state index is 12.3. The minimum Gasteiger partial charge on any atom is -0.325 e. The van der Waals surface area contributed by atoms with Crippen LogP contribution in [0.4, 0.5) is 5.69 Å². The Morgan fingerprint density at radius 3 is 2.54 bits per heavy atom. The second-order valence-corrected chi connectivity index (χ2v) is 9.80. The van der Waals surface area contributed by atoms with Gasteiger partial charge >= 0.3 is 0 Å². The average Bonchev–Trinajstić information content (AvgIpc) is 2.55. The number of hydrogen-bond donors (Lipinski definition) is 1. The molecule has 0 atom stereocenters. The quantitative estimate of drug-likeness (QED) is 0.835. The van der Waals surface area contributed by atoms with E-state index >= 15 is 0 Å². The molecule has 24 heavy (non-hydrogen) atoms. The van der Waals surface area contributed by atoms with E-state index in [0.29, 0.717) is 22.3 Å². The van der Waals surface area contributed by atoms with E-state index in [0.717, 1.165) is 0 Å². The van der Waals surface area contributed by atoms with Gasteiger partial charge in [-0.15, -0.1) is 11.8 Å². The van der Waals surface area contributed by atoms with Crippen LogP contribution in [-0.2, 0) is 14.8 Å². The fraction of sp³-hybridized carbons (Fsp3) is 0.588. The number of carbonyl (C=O) groups excluding carboxylic acids is 1. The summed E-state index contributed by atoms with van der Waals surface area (Å²) >= 11 is 1.70.